The van der Waals surface area contributed by atoms with Crippen LogP contribution in [0.5, 0.6) is 5.75 Å². The second-order valence-corrected chi connectivity index (χ2v) is 10.9. The highest BCUT2D eigenvalue weighted by Crippen LogP contribution is 2.25. The molecule has 0 heterocycles. The molecule has 0 saturated heterocycles. The van der Waals surface area contributed by atoms with Gasteiger partial charge in [0.2, 0.25) is 15.9 Å². The van der Waals surface area contributed by atoms with Gasteiger partial charge in [-0.3, -0.25) is 9.10 Å². The molecule has 0 aliphatic heterocycles. The molecule has 0 aliphatic rings. The van der Waals surface area contributed by atoms with Gasteiger partial charge in [0.15, 0.2) is 0 Å². The Labute approximate surface area is 168 Å². The van der Waals surface area contributed by atoms with Crippen LogP contribution < -0.4 is 14.4 Å². The molecule has 0 spiro atoms. The summed E-state index contributed by atoms with van der Waals surface area (Å²) in [5.74, 6) is 1.14. The van der Waals surface area contributed by atoms with Crippen LogP contribution in [-0.4, -0.2) is 50.3 Å². The summed E-state index contributed by atoms with van der Waals surface area (Å²) in [6.45, 7) is 11.1. The molecule has 8 heteroatoms. The Bertz CT molecular complexity index is 697. The van der Waals surface area contributed by atoms with Gasteiger partial charge in [-0.05, 0) is 37.6 Å². The third kappa shape index (κ3) is 8.01. The van der Waals surface area contributed by atoms with Gasteiger partial charge in [0.25, 0.3) is 0 Å². The highest BCUT2D eigenvalue weighted by atomic mass is 32.2. The molecule has 1 rings (SSSR count). The maximum Gasteiger partial charge on any atom is 0.243 e. The lowest BCUT2D eigenvalue weighted by atomic mass is 10.2. The number of thioether (sulfide) groups is 1. The van der Waals surface area contributed by atoms with E-state index in [2.05, 4.69) is 26.1 Å². The van der Waals surface area contributed by atoms with E-state index < -0.39 is 16.1 Å². The van der Waals surface area contributed by atoms with E-state index in [-0.39, 0.29) is 10.7 Å². The molecule has 1 amide bonds. The summed E-state index contributed by atoms with van der Waals surface area (Å²) in [6.07, 6.45) is 1.49. The lowest BCUT2D eigenvalue weighted by Gasteiger charge is -2.30. The zero-order valence-corrected chi connectivity index (χ0v) is 18.7. The van der Waals surface area contributed by atoms with Crippen molar-refractivity contribution in [2.45, 2.75) is 51.8 Å². The summed E-state index contributed by atoms with van der Waals surface area (Å²) < 4.78 is 31.6. The molecule has 0 bridgehead atoms. The van der Waals surface area contributed by atoms with Crippen LogP contribution in [0.25, 0.3) is 0 Å². The third-order valence-corrected chi connectivity index (χ3v) is 6.12. The smallest absolute Gasteiger partial charge is 0.243 e. The number of anilines is 1. The van der Waals surface area contributed by atoms with E-state index in [0.717, 1.165) is 12.0 Å². The molecule has 0 unspecified atom stereocenters. The summed E-state index contributed by atoms with van der Waals surface area (Å²) in [5, 5.41) is 2.87. The summed E-state index contributed by atoms with van der Waals surface area (Å²) in [4.78, 5) is 12.7. The van der Waals surface area contributed by atoms with Crippen LogP contribution in [0.15, 0.2) is 24.3 Å². The second-order valence-electron chi connectivity index (χ2n) is 7.16. The van der Waals surface area contributed by atoms with E-state index in [4.69, 9.17) is 4.74 Å². The number of ether oxygens (including phenoxy) is 1. The predicted molar refractivity (Wildman–Crippen MR) is 114 cm³/mol. The highest BCUT2D eigenvalue weighted by molar-refractivity contribution is 8.00. The molecular weight excluding hydrogens is 384 g/mol. The summed E-state index contributed by atoms with van der Waals surface area (Å²) in [5.41, 5.74) is 0.451. The van der Waals surface area contributed by atoms with Crippen molar-refractivity contribution in [3.63, 3.8) is 0 Å². The molecule has 0 saturated carbocycles. The summed E-state index contributed by atoms with van der Waals surface area (Å²) >= 11 is 1.75. The first-order valence-electron chi connectivity index (χ1n) is 9.13. The van der Waals surface area contributed by atoms with Crippen LogP contribution in [0.4, 0.5) is 5.69 Å². The number of carbonyl (C=O) groups is 1. The molecule has 1 N–H and O–H groups in total. The van der Waals surface area contributed by atoms with Crippen LogP contribution >= 0.6 is 11.8 Å². The van der Waals surface area contributed by atoms with Crippen LogP contribution in [0.1, 0.15) is 41.0 Å². The van der Waals surface area contributed by atoms with Gasteiger partial charge >= 0.3 is 0 Å². The van der Waals surface area contributed by atoms with Crippen LogP contribution in [0, 0.1) is 0 Å². The lowest BCUT2D eigenvalue weighted by Crippen LogP contribution is -2.49. The zero-order valence-electron chi connectivity index (χ0n) is 17.1. The minimum atomic E-state index is -3.63. The average Bonchev–Trinajstić information content (AvgIpc) is 2.55. The lowest BCUT2D eigenvalue weighted by molar-refractivity contribution is -0.122. The van der Waals surface area contributed by atoms with Crippen molar-refractivity contribution in [1.82, 2.24) is 5.32 Å². The maximum absolute atomic E-state index is 12.7. The first kappa shape index (κ1) is 23.6. The van der Waals surface area contributed by atoms with Crippen molar-refractivity contribution in [1.29, 1.82) is 0 Å². The largest absolute Gasteiger partial charge is 0.494 e. The number of amides is 1. The van der Waals surface area contributed by atoms with Crippen LogP contribution in [0.3, 0.4) is 0 Å². The van der Waals surface area contributed by atoms with E-state index in [0.29, 0.717) is 31.0 Å². The fourth-order valence-electron chi connectivity index (χ4n) is 2.57. The van der Waals surface area contributed by atoms with Gasteiger partial charge in [0, 0.05) is 17.0 Å². The molecular formula is C19H32N2O4S2. The SMILES string of the molecule is CCOc1ccc(N([C@@H](CC)C(=O)NCCSC(C)(C)C)S(C)(=O)=O)cc1. The van der Waals surface area contributed by atoms with Gasteiger partial charge in [-0.15, -0.1) is 0 Å². The predicted octanol–water partition coefficient (Wildman–Crippen LogP) is 3.28. The Morgan fingerprint density at radius 1 is 1.22 bits per heavy atom. The third-order valence-electron chi connectivity index (χ3n) is 3.67. The molecule has 0 aromatic heterocycles. The average molecular weight is 417 g/mol. The number of hydrogen-bond donors (Lipinski definition) is 1. The molecule has 154 valence electrons. The van der Waals surface area contributed by atoms with Crippen LogP contribution in [-0.2, 0) is 14.8 Å². The van der Waals surface area contributed by atoms with Crippen molar-refractivity contribution < 1.29 is 17.9 Å². The molecule has 6 nitrogen and oxygen atoms in total. The fraction of sp³-hybridized carbons (Fsp3) is 0.632. The number of sulfonamides is 1. The molecule has 27 heavy (non-hydrogen) atoms. The quantitative estimate of drug-likeness (QED) is 0.593. The van der Waals surface area contributed by atoms with Gasteiger partial charge < -0.3 is 10.1 Å². The van der Waals surface area contributed by atoms with Crippen molar-refractivity contribution >= 4 is 33.4 Å². The second kappa shape index (κ2) is 10.2. The Morgan fingerprint density at radius 3 is 2.26 bits per heavy atom. The number of benzene rings is 1. The van der Waals surface area contributed by atoms with Crippen molar-refractivity contribution in [3.8, 4) is 5.75 Å². The molecule has 0 aliphatic carbocycles. The zero-order chi connectivity index (χ0) is 20.7. The van der Waals surface area contributed by atoms with Gasteiger partial charge in [0.1, 0.15) is 11.8 Å². The number of nitrogens with one attached hydrogen (secondary N) is 1. The standard InChI is InChI=1S/C19H32N2O4S2/c1-7-17(18(22)20-13-14-26-19(3,4)5)21(27(6,23)24)15-9-11-16(12-10-15)25-8-2/h9-12,17H,7-8,13-14H2,1-6H3,(H,20,22)/t17-/m0/s1. The summed E-state index contributed by atoms with van der Waals surface area (Å²) in [7, 11) is -3.63. The number of carbonyl (C=O) groups excluding carboxylic acids is 1. The fourth-order valence-corrected chi connectivity index (χ4v) is 4.59. The van der Waals surface area contributed by atoms with Crippen LogP contribution in [0.2, 0.25) is 0 Å². The highest BCUT2D eigenvalue weighted by Gasteiger charge is 2.31. The van der Waals surface area contributed by atoms with E-state index in [9.17, 15) is 13.2 Å². The molecule has 1 aromatic carbocycles. The Morgan fingerprint density at radius 2 is 1.81 bits per heavy atom. The van der Waals surface area contributed by atoms with E-state index in [1.54, 1.807) is 43.0 Å². The van der Waals surface area contributed by atoms with E-state index in [1.807, 2.05) is 6.92 Å². The van der Waals surface area contributed by atoms with Crippen molar-refractivity contribution in [2.24, 2.45) is 0 Å². The van der Waals surface area contributed by atoms with Gasteiger partial charge in [-0.2, -0.15) is 11.8 Å². The molecule has 0 fully saturated rings. The molecule has 0 radical (unpaired) electrons. The Hall–Kier alpha value is -1.41. The first-order chi connectivity index (χ1) is 12.5. The number of nitrogens with zero attached hydrogens (tertiary/aromatic N) is 1. The van der Waals surface area contributed by atoms with Crippen molar-refractivity contribution in [3.05, 3.63) is 24.3 Å². The number of hydrogen-bond acceptors (Lipinski definition) is 5. The van der Waals surface area contributed by atoms with E-state index in [1.165, 1.54) is 4.31 Å². The maximum atomic E-state index is 12.7. The van der Waals surface area contributed by atoms with E-state index >= 15 is 0 Å². The topological polar surface area (TPSA) is 75.7 Å². The van der Waals surface area contributed by atoms with Crippen molar-refractivity contribution in [2.75, 3.05) is 29.5 Å². The van der Waals surface area contributed by atoms with Gasteiger partial charge in [0.05, 0.1) is 18.6 Å². The first-order valence-corrected chi connectivity index (χ1v) is 12.0. The Balaban J connectivity index is 2.94. The number of rotatable bonds is 10. The minimum Gasteiger partial charge on any atom is -0.494 e. The van der Waals surface area contributed by atoms with Gasteiger partial charge in [-0.25, -0.2) is 8.42 Å². The molecule has 1 atom stereocenters. The monoisotopic (exact) mass is 416 g/mol. The summed E-state index contributed by atoms with van der Waals surface area (Å²) in [6, 6.07) is 5.95. The molecule has 1 aromatic rings. The minimum absolute atomic E-state index is 0.121. The normalized spacial score (nSPS) is 13.1. The van der Waals surface area contributed by atoms with Gasteiger partial charge in [-0.1, -0.05) is 27.7 Å². The Kier molecular flexibility index (Phi) is 8.94.